The lowest BCUT2D eigenvalue weighted by Crippen LogP contribution is -2.47. The number of benzene rings is 2. The van der Waals surface area contributed by atoms with Crippen molar-refractivity contribution in [2.24, 2.45) is 0 Å². The number of hydrogen-bond donors (Lipinski definition) is 4. The normalized spacial score (nSPS) is 12.9. The number of H-pyrrole nitrogens is 1. The molecule has 1 amide bonds. The highest BCUT2D eigenvalue weighted by Crippen LogP contribution is 2.26. The number of fused-ring (bicyclic) bond motifs is 2. The molecule has 2 aromatic heterocycles. The van der Waals surface area contributed by atoms with Crippen LogP contribution >= 0.6 is 0 Å². The SMILES string of the molecule is CCCCc1cc(=O)oc2cc(O[C@@H](C)C(=O)N[C@H](Cc3c[nH]c4ccc(O)cc34)C(=O)O)ccc12. The van der Waals surface area contributed by atoms with Crippen LogP contribution in [0.3, 0.4) is 0 Å². The smallest absolute Gasteiger partial charge is 0.336 e. The third-order valence-corrected chi connectivity index (χ3v) is 6.07. The molecule has 4 aromatic rings. The maximum Gasteiger partial charge on any atom is 0.336 e. The molecular formula is C27H28N2O7. The Kier molecular flexibility index (Phi) is 7.28. The highest BCUT2D eigenvalue weighted by atomic mass is 16.5. The van der Waals surface area contributed by atoms with Crippen LogP contribution in [-0.2, 0) is 22.4 Å². The number of amides is 1. The van der Waals surface area contributed by atoms with E-state index in [-0.39, 0.29) is 12.2 Å². The zero-order valence-corrected chi connectivity index (χ0v) is 20.0. The van der Waals surface area contributed by atoms with Crippen LogP contribution in [0.4, 0.5) is 0 Å². The Bertz CT molecular complexity index is 1470. The molecule has 0 aliphatic carbocycles. The fourth-order valence-corrected chi connectivity index (χ4v) is 4.16. The predicted molar refractivity (Wildman–Crippen MR) is 134 cm³/mol. The van der Waals surface area contributed by atoms with Crippen LogP contribution < -0.4 is 15.7 Å². The molecule has 4 N–H and O–H groups in total. The average molecular weight is 493 g/mol. The number of ether oxygens (including phenoxy) is 1. The lowest BCUT2D eigenvalue weighted by Gasteiger charge is -2.19. The van der Waals surface area contributed by atoms with Crippen molar-refractivity contribution in [2.45, 2.75) is 51.7 Å². The maximum atomic E-state index is 12.8. The van der Waals surface area contributed by atoms with Crippen LogP contribution in [0.2, 0.25) is 0 Å². The molecule has 2 atom stereocenters. The minimum Gasteiger partial charge on any atom is -0.508 e. The summed E-state index contributed by atoms with van der Waals surface area (Å²) in [4.78, 5) is 39.7. The number of carboxylic acids is 1. The van der Waals surface area contributed by atoms with Crippen molar-refractivity contribution in [1.29, 1.82) is 0 Å². The van der Waals surface area contributed by atoms with E-state index in [0.717, 1.165) is 35.7 Å². The summed E-state index contributed by atoms with van der Waals surface area (Å²) in [7, 11) is 0. The van der Waals surface area contributed by atoms with E-state index in [1.54, 1.807) is 36.5 Å². The molecule has 0 saturated heterocycles. The second-order valence-corrected chi connectivity index (χ2v) is 8.76. The second kappa shape index (κ2) is 10.6. The lowest BCUT2D eigenvalue weighted by molar-refractivity contribution is -0.142. The van der Waals surface area contributed by atoms with Gasteiger partial charge in [0.05, 0.1) is 0 Å². The third-order valence-electron chi connectivity index (χ3n) is 6.07. The van der Waals surface area contributed by atoms with Crippen LogP contribution in [-0.4, -0.2) is 39.2 Å². The van der Waals surface area contributed by atoms with Crippen LogP contribution in [0, 0.1) is 0 Å². The number of aromatic amines is 1. The number of phenolic OH excluding ortho intramolecular Hbond substituents is 1. The van der Waals surface area contributed by atoms with Crippen molar-refractivity contribution in [1.82, 2.24) is 10.3 Å². The Morgan fingerprint density at radius 2 is 1.92 bits per heavy atom. The van der Waals surface area contributed by atoms with Crippen LogP contribution in [0.1, 0.15) is 37.8 Å². The fourth-order valence-electron chi connectivity index (χ4n) is 4.16. The largest absolute Gasteiger partial charge is 0.508 e. The van der Waals surface area contributed by atoms with Gasteiger partial charge in [0, 0.05) is 41.0 Å². The van der Waals surface area contributed by atoms with Gasteiger partial charge < -0.3 is 29.7 Å². The first-order valence-electron chi connectivity index (χ1n) is 11.8. The molecule has 0 fully saturated rings. The van der Waals surface area contributed by atoms with Gasteiger partial charge >= 0.3 is 11.6 Å². The van der Waals surface area contributed by atoms with E-state index in [4.69, 9.17) is 9.15 Å². The maximum absolute atomic E-state index is 12.8. The molecule has 9 heteroatoms. The first kappa shape index (κ1) is 24.8. The number of aromatic nitrogens is 1. The Morgan fingerprint density at radius 1 is 1.11 bits per heavy atom. The molecule has 0 aliphatic rings. The second-order valence-electron chi connectivity index (χ2n) is 8.76. The Morgan fingerprint density at radius 3 is 2.67 bits per heavy atom. The third kappa shape index (κ3) is 5.51. The first-order valence-corrected chi connectivity index (χ1v) is 11.8. The van der Waals surface area contributed by atoms with Crippen molar-refractivity contribution < 1.29 is 29.0 Å². The van der Waals surface area contributed by atoms with Crippen molar-refractivity contribution >= 4 is 33.7 Å². The van der Waals surface area contributed by atoms with E-state index in [2.05, 4.69) is 17.2 Å². The lowest BCUT2D eigenvalue weighted by atomic mass is 10.0. The number of rotatable bonds is 10. The van der Waals surface area contributed by atoms with E-state index in [1.165, 1.54) is 19.1 Å². The van der Waals surface area contributed by atoms with E-state index >= 15 is 0 Å². The van der Waals surface area contributed by atoms with Gasteiger partial charge in [-0.3, -0.25) is 4.79 Å². The number of phenols is 1. The topological polar surface area (TPSA) is 142 Å². The zero-order chi connectivity index (χ0) is 25.8. The van der Waals surface area contributed by atoms with Crippen molar-refractivity contribution in [3.05, 3.63) is 70.2 Å². The Balaban J connectivity index is 1.47. The molecule has 4 rings (SSSR count). The van der Waals surface area contributed by atoms with E-state index in [0.29, 0.717) is 22.3 Å². The number of carbonyl (C=O) groups is 2. The quantitative estimate of drug-likeness (QED) is 0.246. The van der Waals surface area contributed by atoms with Gasteiger partial charge in [-0.25, -0.2) is 9.59 Å². The van der Waals surface area contributed by atoms with E-state index < -0.39 is 29.6 Å². The van der Waals surface area contributed by atoms with Gasteiger partial charge in [0.1, 0.15) is 23.1 Å². The zero-order valence-electron chi connectivity index (χ0n) is 20.0. The van der Waals surface area contributed by atoms with Crippen molar-refractivity contribution in [2.75, 3.05) is 0 Å². The Hall–Kier alpha value is -4.27. The summed E-state index contributed by atoms with van der Waals surface area (Å²) in [5, 5.41) is 23.5. The predicted octanol–water partition coefficient (Wildman–Crippen LogP) is 3.90. The highest BCUT2D eigenvalue weighted by Gasteiger charge is 2.25. The monoisotopic (exact) mass is 492 g/mol. The number of carbonyl (C=O) groups excluding carboxylic acids is 1. The molecule has 2 aromatic carbocycles. The van der Waals surface area contributed by atoms with Crippen molar-refractivity contribution in [3.63, 3.8) is 0 Å². The molecule has 0 saturated carbocycles. The van der Waals surface area contributed by atoms with E-state index in [1.807, 2.05) is 0 Å². The Labute approximate surface area is 206 Å². The minimum absolute atomic E-state index is 0.0128. The molecule has 36 heavy (non-hydrogen) atoms. The summed E-state index contributed by atoms with van der Waals surface area (Å²) in [6.07, 6.45) is 3.35. The molecule has 0 radical (unpaired) electrons. The number of aromatic hydroxyl groups is 1. The van der Waals surface area contributed by atoms with Gasteiger partial charge in [0.2, 0.25) is 0 Å². The molecule has 9 nitrogen and oxygen atoms in total. The summed E-state index contributed by atoms with van der Waals surface area (Å²) >= 11 is 0. The summed E-state index contributed by atoms with van der Waals surface area (Å²) in [6, 6.07) is 10.1. The summed E-state index contributed by atoms with van der Waals surface area (Å²) in [5.41, 5.74) is 2.20. The van der Waals surface area contributed by atoms with E-state index in [9.17, 15) is 24.6 Å². The standard InChI is InChI=1S/C27H28N2O7/c1-3-4-5-16-11-25(31)36-24-13-19(7-8-20(16)24)35-15(2)26(32)29-23(27(33)34)10-17-14-28-22-9-6-18(30)12-21(17)22/h6-9,11-15,23,28,30H,3-5,10H2,1-2H3,(H,29,32)(H,33,34)/t15-,23+/m0/s1. The van der Waals surface area contributed by atoms with Gasteiger partial charge in [-0.2, -0.15) is 0 Å². The number of carboxylic acid groups (broad SMARTS) is 1. The molecule has 0 aliphatic heterocycles. The van der Waals surface area contributed by atoms with Gasteiger partial charge in [-0.15, -0.1) is 0 Å². The number of aryl methyl sites for hydroxylation is 1. The first-order chi connectivity index (χ1) is 17.2. The average Bonchev–Trinajstić information content (AvgIpc) is 3.23. The number of aliphatic carboxylic acids is 1. The summed E-state index contributed by atoms with van der Waals surface area (Å²) in [5.74, 6) is -1.43. The molecule has 0 unspecified atom stereocenters. The molecule has 0 spiro atoms. The van der Waals surface area contributed by atoms with Crippen LogP contribution in [0.15, 0.2) is 57.9 Å². The summed E-state index contributed by atoms with van der Waals surface area (Å²) < 4.78 is 11.1. The van der Waals surface area contributed by atoms with Crippen molar-refractivity contribution in [3.8, 4) is 11.5 Å². The van der Waals surface area contributed by atoms with Gasteiger partial charge in [0.15, 0.2) is 6.10 Å². The number of unbranched alkanes of at least 4 members (excludes halogenated alkanes) is 1. The molecular weight excluding hydrogens is 464 g/mol. The van der Waals surface area contributed by atoms with Crippen LogP contribution in [0.5, 0.6) is 11.5 Å². The fraction of sp³-hybridized carbons (Fsp3) is 0.296. The number of hydrogen-bond acceptors (Lipinski definition) is 6. The van der Waals surface area contributed by atoms with Crippen LogP contribution in [0.25, 0.3) is 21.9 Å². The molecule has 0 bridgehead atoms. The molecule has 188 valence electrons. The van der Waals surface area contributed by atoms with Gasteiger partial charge in [-0.1, -0.05) is 13.3 Å². The highest BCUT2D eigenvalue weighted by molar-refractivity contribution is 5.89. The minimum atomic E-state index is -1.21. The van der Waals surface area contributed by atoms with Gasteiger partial charge in [-0.05, 0) is 61.2 Å². The van der Waals surface area contributed by atoms with Gasteiger partial charge in [0.25, 0.3) is 5.91 Å². The summed E-state index contributed by atoms with van der Waals surface area (Å²) in [6.45, 7) is 3.59. The number of nitrogens with one attached hydrogen (secondary N) is 2. The molecule has 2 heterocycles.